The molecule has 2 aromatic carbocycles. The smallest absolute Gasteiger partial charge is 0.416 e. The first kappa shape index (κ1) is 28.2. The monoisotopic (exact) mass is 595 g/mol. The first-order valence-electron chi connectivity index (χ1n) is 12.4. The van der Waals surface area contributed by atoms with E-state index in [2.05, 4.69) is 4.72 Å². The molecule has 214 valence electrons. The number of nitrogens with one attached hydrogen (secondary N) is 1. The molecule has 5 atom stereocenters. The highest BCUT2D eigenvalue weighted by Gasteiger charge is 2.64. The fourth-order valence-corrected chi connectivity index (χ4v) is 10.8. The molecule has 0 aromatic heterocycles. The van der Waals surface area contributed by atoms with Crippen molar-refractivity contribution in [3.05, 3.63) is 59.2 Å². The summed E-state index contributed by atoms with van der Waals surface area (Å²) >= 11 is 0. The third kappa shape index (κ3) is 4.43. The number of halogens is 5. The first-order chi connectivity index (χ1) is 18.2. The molecule has 2 heterocycles. The van der Waals surface area contributed by atoms with Crippen molar-refractivity contribution in [3.8, 4) is 5.75 Å². The molecule has 2 N–H and O–H groups in total. The third-order valence-corrected chi connectivity index (χ3v) is 12.8. The number of aliphatic hydroxyl groups excluding tert-OH is 1. The minimum Gasteiger partial charge on any atom is -0.490 e. The van der Waals surface area contributed by atoms with Gasteiger partial charge in [-0.3, -0.25) is 0 Å². The number of aliphatic hydroxyl groups is 1. The Labute approximate surface area is 222 Å². The summed E-state index contributed by atoms with van der Waals surface area (Å²) in [6.45, 7) is -0.625. The van der Waals surface area contributed by atoms with Gasteiger partial charge in [0, 0.05) is 18.6 Å². The van der Waals surface area contributed by atoms with Crippen LogP contribution >= 0.6 is 0 Å². The maximum Gasteiger partial charge on any atom is 0.416 e. The summed E-state index contributed by atoms with van der Waals surface area (Å²) in [4.78, 5) is -0.497. The van der Waals surface area contributed by atoms with Crippen molar-refractivity contribution in [2.75, 3.05) is 13.2 Å². The molecule has 1 saturated carbocycles. The van der Waals surface area contributed by atoms with Crippen LogP contribution in [0.5, 0.6) is 5.75 Å². The lowest BCUT2D eigenvalue weighted by Crippen LogP contribution is -2.63. The molecule has 1 saturated heterocycles. The van der Waals surface area contributed by atoms with Gasteiger partial charge in [0.15, 0.2) is 21.4 Å². The van der Waals surface area contributed by atoms with E-state index in [0.29, 0.717) is 12.1 Å². The molecule has 5 rings (SSSR count). The highest BCUT2D eigenvalue weighted by molar-refractivity contribution is 7.92. The van der Waals surface area contributed by atoms with Crippen molar-refractivity contribution >= 4 is 19.9 Å². The topological polar surface area (TPSA) is 110 Å². The van der Waals surface area contributed by atoms with Gasteiger partial charge in [0.2, 0.25) is 10.0 Å². The van der Waals surface area contributed by atoms with Crippen LogP contribution in [0.25, 0.3) is 0 Å². The average Bonchev–Trinajstić information content (AvgIpc) is 2.88. The lowest BCUT2D eigenvalue weighted by Gasteiger charge is -2.54. The third-order valence-electron chi connectivity index (χ3n) is 8.29. The Balaban J connectivity index is 1.68. The van der Waals surface area contributed by atoms with E-state index in [0.717, 1.165) is 24.3 Å². The first-order valence-corrected chi connectivity index (χ1v) is 15.4. The van der Waals surface area contributed by atoms with Crippen molar-refractivity contribution in [2.45, 2.75) is 59.2 Å². The summed E-state index contributed by atoms with van der Waals surface area (Å²) < 4.78 is 131. The Morgan fingerprint density at radius 1 is 1.08 bits per heavy atom. The van der Waals surface area contributed by atoms with Crippen molar-refractivity contribution < 1.29 is 48.6 Å². The summed E-state index contributed by atoms with van der Waals surface area (Å²) in [6.07, 6.45) is -4.80. The number of hydrogen-bond acceptors (Lipinski definition) is 6. The summed E-state index contributed by atoms with van der Waals surface area (Å²) in [5.74, 6) is -4.33. The quantitative estimate of drug-likeness (QED) is 0.508. The van der Waals surface area contributed by atoms with Crippen LogP contribution in [0.3, 0.4) is 0 Å². The van der Waals surface area contributed by atoms with Crippen LogP contribution in [0.2, 0.25) is 0 Å². The van der Waals surface area contributed by atoms with Gasteiger partial charge in [-0.15, -0.1) is 0 Å². The van der Waals surface area contributed by atoms with Gasteiger partial charge in [0.25, 0.3) is 0 Å². The zero-order valence-electron chi connectivity index (χ0n) is 20.4. The fourth-order valence-electron chi connectivity index (χ4n) is 6.51. The van der Waals surface area contributed by atoms with Crippen LogP contribution in [0.15, 0.2) is 41.3 Å². The molecule has 0 radical (unpaired) electrons. The van der Waals surface area contributed by atoms with Crippen molar-refractivity contribution in [1.82, 2.24) is 4.72 Å². The molecule has 0 spiro atoms. The number of benzene rings is 2. The van der Waals surface area contributed by atoms with E-state index in [-0.39, 0.29) is 45.3 Å². The summed E-state index contributed by atoms with van der Waals surface area (Å²) in [6, 6.07) is 3.72. The van der Waals surface area contributed by atoms with Crippen LogP contribution in [-0.2, 0) is 30.8 Å². The number of rotatable bonds is 5. The van der Waals surface area contributed by atoms with Crippen molar-refractivity contribution in [3.63, 3.8) is 0 Å². The van der Waals surface area contributed by atoms with Crippen LogP contribution in [0.4, 0.5) is 22.0 Å². The van der Waals surface area contributed by atoms with Crippen molar-refractivity contribution in [1.29, 1.82) is 0 Å². The summed E-state index contributed by atoms with van der Waals surface area (Å²) in [5.41, 5.74) is -1.60. The number of ether oxygens (including phenoxy) is 1. The average molecular weight is 596 g/mol. The SMILES string of the molecule is O=S1(=O)N[C@@H]2CC[C@@]3(S(=O)(=O)c4ccc(C(F)(F)F)cc4)c4c(F)ccc(F)c4OC[C@H]3[C@@H]2CC1CCCO. The van der Waals surface area contributed by atoms with Crippen molar-refractivity contribution in [2.24, 2.45) is 11.8 Å². The molecule has 3 aliphatic rings. The molecule has 2 aliphatic heterocycles. The van der Waals surface area contributed by atoms with Gasteiger partial charge >= 0.3 is 6.18 Å². The predicted molar refractivity (Wildman–Crippen MR) is 129 cm³/mol. The molecule has 2 aromatic rings. The number of fused-ring (bicyclic) bond motifs is 5. The lowest BCUT2D eigenvalue weighted by molar-refractivity contribution is -0.137. The van der Waals surface area contributed by atoms with Gasteiger partial charge in [-0.1, -0.05) is 0 Å². The molecule has 39 heavy (non-hydrogen) atoms. The predicted octanol–water partition coefficient (Wildman–Crippen LogP) is 3.90. The number of sulfone groups is 1. The Morgan fingerprint density at radius 2 is 1.74 bits per heavy atom. The van der Waals surface area contributed by atoms with E-state index < -0.39 is 87.3 Å². The summed E-state index contributed by atoms with van der Waals surface area (Å²) in [5, 5.41) is 8.27. The van der Waals surface area contributed by atoms with E-state index >= 15 is 4.39 Å². The van der Waals surface area contributed by atoms with Crippen LogP contribution in [0, 0.1) is 23.5 Å². The minimum atomic E-state index is -4.72. The molecular formula is C25H26F5NO6S2. The fraction of sp³-hybridized carbons (Fsp3) is 0.520. The highest BCUT2D eigenvalue weighted by Crippen LogP contribution is 2.59. The Bertz CT molecular complexity index is 1480. The van der Waals surface area contributed by atoms with E-state index in [1.54, 1.807) is 0 Å². The molecule has 0 bridgehead atoms. The Kier molecular flexibility index (Phi) is 7.00. The zero-order chi connectivity index (χ0) is 28.4. The second-order valence-corrected chi connectivity index (χ2v) is 14.5. The van der Waals surface area contributed by atoms with E-state index in [1.165, 1.54) is 0 Å². The van der Waals surface area contributed by atoms with Gasteiger partial charge in [0.1, 0.15) is 10.6 Å². The van der Waals surface area contributed by atoms with Crippen LogP contribution in [0.1, 0.15) is 43.2 Å². The van der Waals surface area contributed by atoms with E-state index in [4.69, 9.17) is 4.74 Å². The second-order valence-electron chi connectivity index (χ2n) is 10.3. The van der Waals surface area contributed by atoms with Gasteiger partial charge < -0.3 is 9.84 Å². The van der Waals surface area contributed by atoms with E-state index in [9.17, 15) is 39.5 Å². The molecule has 1 aliphatic carbocycles. The van der Waals surface area contributed by atoms with Crippen LogP contribution in [-0.4, -0.2) is 46.4 Å². The largest absolute Gasteiger partial charge is 0.490 e. The number of alkyl halides is 3. The standard InChI is InChI=1S/C25H26F5NO6S2/c26-19-7-8-20(27)23-22(19)24(38(33,34)15-5-3-14(4-6-15)25(28,29)30)10-9-21-17(18(24)13-37-23)12-16(2-1-11-32)39(35,36)31-21/h3-8,16-18,21,31-32H,1-2,9-13H2/t16?,17-,18-,21+,24-/m0/s1. The Morgan fingerprint density at radius 3 is 2.38 bits per heavy atom. The van der Waals surface area contributed by atoms with Gasteiger partial charge in [0.05, 0.1) is 27.9 Å². The summed E-state index contributed by atoms with van der Waals surface area (Å²) in [7, 11) is -8.48. The molecule has 7 nitrogen and oxygen atoms in total. The molecule has 0 amide bonds. The highest BCUT2D eigenvalue weighted by atomic mass is 32.2. The molecular weight excluding hydrogens is 569 g/mol. The van der Waals surface area contributed by atoms with Gasteiger partial charge in [-0.05, 0) is 74.4 Å². The number of sulfonamides is 1. The normalized spacial score (nSPS) is 30.0. The zero-order valence-corrected chi connectivity index (χ0v) is 22.1. The maximum atomic E-state index is 15.5. The van der Waals surface area contributed by atoms with Gasteiger partial charge in [-0.25, -0.2) is 30.3 Å². The van der Waals surface area contributed by atoms with E-state index in [1.807, 2.05) is 0 Å². The van der Waals surface area contributed by atoms with Gasteiger partial charge in [-0.2, -0.15) is 13.2 Å². The maximum absolute atomic E-state index is 15.5. The van der Waals surface area contributed by atoms with Crippen LogP contribution < -0.4 is 9.46 Å². The molecule has 2 fully saturated rings. The lowest BCUT2D eigenvalue weighted by atomic mass is 9.64. The minimum absolute atomic E-state index is 0.00935. The molecule has 14 heteroatoms. The Hall–Kier alpha value is -2.29. The molecule has 1 unspecified atom stereocenters. The number of hydrogen-bond donors (Lipinski definition) is 2. The second kappa shape index (κ2) is 9.67.